The molecule has 0 spiro atoms. The summed E-state index contributed by atoms with van der Waals surface area (Å²) in [6.45, 7) is 2.29. The number of benzene rings is 1. The SMILES string of the molecule is C/N=C1\C(=O)N(C2CCN(C3C4CCCC3CCC4)CC2)c2ccccc21. The number of para-hydroxylation sites is 1. The van der Waals surface area contributed by atoms with E-state index < -0.39 is 0 Å². The number of anilines is 1. The van der Waals surface area contributed by atoms with Gasteiger partial charge in [0.1, 0.15) is 5.71 Å². The van der Waals surface area contributed by atoms with Crippen molar-refractivity contribution < 1.29 is 4.79 Å². The van der Waals surface area contributed by atoms with Crippen LogP contribution < -0.4 is 4.90 Å². The molecule has 27 heavy (non-hydrogen) atoms. The van der Waals surface area contributed by atoms with Crippen molar-refractivity contribution in [1.29, 1.82) is 0 Å². The number of carbonyl (C=O) groups excluding carboxylic acids is 1. The van der Waals surface area contributed by atoms with Crippen molar-refractivity contribution in [2.24, 2.45) is 16.8 Å². The third-order valence-electron chi connectivity index (χ3n) is 7.62. The smallest absolute Gasteiger partial charge is 0.277 e. The van der Waals surface area contributed by atoms with Crippen LogP contribution in [0.3, 0.4) is 0 Å². The van der Waals surface area contributed by atoms with Crippen molar-refractivity contribution in [3.63, 3.8) is 0 Å². The predicted octanol–water partition coefficient (Wildman–Crippen LogP) is 3.89. The van der Waals surface area contributed by atoms with E-state index in [4.69, 9.17) is 0 Å². The van der Waals surface area contributed by atoms with E-state index in [9.17, 15) is 4.79 Å². The van der Waals surface area contributed by atoms with Crippen molar-refractivity contribution in [2.45, 2.75) is 63.5 Å². The second-order valence-electron chi connectivity index (χ2n) is 8.90. The molecule has 1 amide bonds. The fraction of sp³-hybridized carbons (Fsp3) is 0.652. The molecule has 5 rings (SSSR count). The van der Waals surface area contributed by atoms with E-state index in [0.717, 1.165) is 55.1 Å². The van der Waals surface area contributed by atoms with Gasteiger partial charge in [0.15, 0.2) is 0 Å². The minimum absolute atomic E-state index is 0.103. The molecule has 1 aromatic rings. The number of hydrogen-bond acceptors (Lipinski definition) is 3. The molecule has 4 aliphatic rings. The molecule has 4 heteroatoms. The third-order valence-corrected chi connectivity index (χ3v) is 7.62. The lowest BCUT2D eigenvalue weighted by molar-refractivity contribution is -0.113. The first-order chi connectivity index (χ1) is 13.3. The van der Waals surface area contributed by atoms with Gasteiger partial charge in [0.05, 0.1) is 5.69 Å². The maximum atomic E-state index is 13.0. The number of nitrogens with zero attached hydrogens (tertiary/aromatic N) is 3. The van der Waals surface area contributed by atoms with Crippen LogP contribution in [0.15, 0.2) is 29.3 Å². The lowest BCUT2D eigenvalue weighted by Gasteiger charge is -2.50. The second-order valence-corrected chi connectivity index (χ2v) is 8.90. The third kappa shape index (κ3) is 2.84. The van der Waals surface area contributed by atoms with E-state index in [1.807, 2.05) is 18.2 Å². The summed E-state index contributed by atoms with van der Waals surface area (Å²) in [4.78, 5) is 22.2. The molecule has 1 saturated heterocycles. The fourth-order valence-electron chi connectivity index (χ4n) is 6.48. The average molecular weight is 366 g/mol. The van der Waals surface area contributed by atoms with E-state index >= 15 is 0 Å². The molecule has 0 atom stereocenters. The zero-order valence-electron chi connectivity index (χ0n) is 16.4. The molecule has 2 aliphatic heterocycles. The quantitative estimate of drug-likeness (QED) is 0.797. The van der Waals surface area contributed by atoms with Gasteiger partial charge >= 0.3 is 0 Å². The molecule has 0 N–H and O–H groups in total. The largest absolute Gasteiger partial charge is 0.303 e. The Morgan fingerprint density at radius 2 is 1.56 bits per heavy atom. The summed E-state index contributed by atoms with van der Waals surface area (Å²) >= 11 is 0. The van der Waals surface area contributed by atoms with E-state index in [0.29, 0.717) is 11.8 Å². The minimum Gasteiger partial charge on any atom is -0.303 e. The van der Waals surface area contributed by atoms with E-state index in [2.05, 4.69) is 20.9 Å². The summed E-state index contributed by atoms with van der Waals surface area (Å²) in [6.07, 6.45) is 10.8. The monoisotopic (exact) mass is 365 g/mol. The number of likely N-dealkylation sites (tertiary alicyclic amines) is 1. The molecule has 1 aromatic carbocycles. The van der Waals surface area contributed by atoms with E-state index in [1.54, 1.807) is 7.05 Å². The molecule has 2 bridgehead atoms. The summed E-state index contributed by atoms with van der Waals surface area (Å²) in [5.41, 5.74) is 2.71. The molecule has 2 aliphatic carbocycles. The lowest BCUT2D eigenvalue weighted by Crippen LogP contribution is -2.55. The van der Waals surface area contributed by atoms with Gasteiger partial charge in [-0.2, -0.15) is 0 Å². The van der Waals surface area contributed by atoms with Crippen LogP contribution in [0.5, 0.6) is 0 Å². The molecule has 144 valence electrons. The minimum atomic E-state index is 0.103. The number of amides is 1. The van der Waals surface area contributed by atoms with Gasteiger partial charge in [0.2, 0.25) is 0 Å². The lowest BCUT2D eigenvalue weighted by atomic mass is 9.67. The molecule has 0 aromatic heterocycles. The number of piperidine rings is 1. The summed E-state index contributed by atoms with van der Waals surface area (Å²) in [5.74, 6) is 1.97. The van der Waals surface area contributed by atoms with Crippen LogP contribution in [0.25, 0.3) is 0 Å². The predicted molar refractivity (Wildman–Crippen MR) is 109 cm³/mol. The molecule has 3 fully saturated rings. The zero-order chi connectivity index (χ0) is 18.4. The molecule has 2 heterocycles. The van der Waals surface area contributed by atoms with Crippen LogP contribution in [0, 0.1) is 11.8 Å². The Labute approximate surface area is 162 Å². The molecule has 4 nitrogen and oxygen atoms in total. The maximum absolute atomic E-state index is 13.0. The van der Waals surface area contributed by atoms with Gasteiger partial charge in [-0.05, 0) is 56.4 Å². The summed E-state index contributed by atoms with van der Waals surface area (Å²) in [5, 5.41) is 0. The molecule has 2 saturated carbocycles. The van der Waals surface area contributed by atoms with Crippen molar-refractivity contribution in [1.82, 2.24) is 4.90 Å². The Hall–Kier alpha value is -1.68. The van der Waals surface area contributed by atoms with Gasteiger partial charge < -0.3 is 4.90 Å². The summed E-state index contributed by atoms with van der Waals surface area (Å²) in [6, 6.07) is 9.30. The highest BCUT2D eigenvalue weighted by Gasteiger charge is 2.43. The van der Waals surface area contributed by atoms with Gasteiger partial charge in [0.25, 0.3) is 5.91 Å². The Morgan fingerprint density at radius 3 is 2.19 bits per heavy atom. The number of aliphatic imine (C=N–C) groups is 1. The normalized spacial score (nSPS) is 33.5. The van der Waals surface area contributed by atoms with Gasteiger partial charge in [-0.3, -0.25) is 14.7 Å². The highest BCUT2D eigenvalue weighted by molar-refractivity contribution is 6.54. The first-order valence-electron chi connectivity index (χ1n) is 10.9. The standard InChI is InChI=1S/C23H31N3O/c1-24-21-19-10-2-3-11-20(19)26(23(21)27)18-12-14-25(15-13-18)22-16-6-4-7-17(22)9-5-8-16/h2-3,10-11,16-18,22H,4-9,12-15H2,1H3/b24-21-. The number of hydrogen-bond donors (Lipinski definition) is 0. The Morgan fingerprint density at radius 1 is 0.926 bits per heavy atom. The van der Waals surface area contributed by atoms with Gasteiger partial charge in [-0.25, -0.2) is 0 Å². The first-order valence-corrected chi connectivity index (χ1v) is 10.9. The average Bonchev–Trinajstić information content (AvgIpc) is 2.98. The summed E-state index contributed by atoms with van der Waals surface area (Å²) in [7, 11) is 1.73. The van der Waals surface area contributed by atoms with Crippen LogP contribution in [0.4, 0.5) is 5.69 Å². The Bertz CT molecular complexity index is 728. The van der Waals surface area contributed by atoms with Crippen LogP contribution in [-0.4, -0.2) is 48.7 Å². The van der Waals surface area contributed by atoms with Crippen LogP contribution in [-0.2, 0) is 4.79 Å². The highest BCUT2D eigenvalue weighted by Crippen LogP contribution is 2.44. The van der Waals surface area contributed by atoms with Crippen molar-refractivity contribution in [2.75, 3.05) is 25.0 Å². The molecule has 0 radical (unpaired) electrons. The highest BCUT2D eigenvalue weighted by atomic mass is 16.2. The van der Waals surface area contributed by atoms with E-state index in [1.165, 1.54) is 38.5 Å². The number of carbonyl (C=O) groups is 1. The van der Waals surface area contributed by atoms with Crippen molar-refractivity contribution >= 4 is 17.3 Å². The van der Waals surface area contributed by atoms with Crippen molar-refractivity contribution in [3.8, 4) is 0 Å². The molecule has 0 unspecified atom stereocenters. The summed E-state index contributed by atoms with van der Waals surface area (Å²) < 4.78 is 0. The molecular formula is C23H31N3O. The van der Waals surface area contributed by atoms with Crippen LogP contribution >= 0.6 is 0 Å². The second kappa shape index (κ2) is 7.05. The van der Waals surface area contributed by atoms with Gasteiger partial charge in [-0.15, -0.1) is 0 Å². The molecular weight excluding hydrogens is 334 g/mol. The topological polar surface area (TPSA) is 35.9 Å². The van der Waals surface area contributed by atoms with Gasteiger partial charge in [-0.1, -0.05) is 31.0 Å². The van der Waals surface area contributed by atoms with Gasteiger partial charge in [0, 0.05) is 37.8 Å². The maximum Gasteiger partial charge on any atom is 0.277 e. The number of rotatable bonds is 2. The van der Waals surface area contributed by atoms with E-state index in [-0.39, 0.29) is 5.91 Å². The van der Waals surface area contributed by atoms with Crippen molar-refractivity contribution in [3.05, 3.63) is 29.8 Å². The Kier molecular flexibility index (Phi) is 4.55. The number of fused-ring (bicyclic) bond motifs is 3. The van der Waals surface area contributed by atoms with Crippen LogP contribution in [0.1, 0.15) is 56.9 Å². The van der Waals surface area contributed by atoms with Crippen LogP contribution in [0.2, 0.25) is 0 Å². The first kappa shape index (κ1) is 17.4. The fourth-order valence-corrected chi connectivity index (χ4v) is 6.48. The zero-order valence-corrected chi connectivity index (χ0v) is 16.4. The Balaban J connectivity index is 1.32.